The summed E-state index contributed by atoms with van der Waals surface area (Å²) in [6.07, 6.45) is 6.35. The molecular weight excluding hydrogens is 498 g/mol. The smallest absolute Gasteiger partial charge is 0.256 e. The molecule has 1 aliphatic rings. The number of hydrogen-bond donors (Lipinski definition) is 1. The van der Waals surface area contributed by atoms with Crippen LogP contribution in [-0.4, -0.2) is 43.1 Å². The minimum atomic E-state index is -0.148. The SMILES string of the molecule is CC1CC1NC(=O)c1cnn2c(N(C)Cc3ccccc3)cc(-c3cn(C(C)C)c4ncc(Cl)cc34)nc12. The normalized spacial score (nSPS) is 16.9. The van der Waals surface area contributed by atoms with Gasteiger partial charge in [-0.25, -0.2) is 9.97 Å². The minimum Gasteiger partial charge on any atom is -0.355 e. The Hall–Kier alpha value is -3.91. The molecule has 0 aliphatic heterocycles. The third-order valence-electron chi connectivity index (χ3n) is 7.25. The number of carbonyl (C=O) groups excluding carboxylic acids is 1. The Morgan fingerprint density at radius 2 is 1.95 bits per heavy atom. The van der Waals surface area contributed by atoms with E-state index < -0.39 is 0 Å². The highest BCUT2D eigenvalue weighted by molar-refractivity contribution is 6.31. The standard InChI is InChI=1S/C29H30ClN7O/c1-17(2)36-16-23(21-11-20(30)13-31-27(21)36)25-12-26(35(4)15-19-8-6-5-7-9-19)37-28(33-25)22(14-32-37)29(38)34-24-10-18(24)3/h5-9,11-14,16-18,24H,10,15H2,1-4H3,(H,34,38). The molecule has 1 aromatic carbocycles. The molecule has 1 aliphatic carbocycles. The molecule has 4 aromatic heterocycles. The zero-order valence-corrected chi connectivity index (χ0v) is 22.6. The van der Waals surface area contributed by atoms with Gasteiger partial charge in [-0.05, 0) is 37.8 Å². The summed E-state index contributed by atoms with van der Waals surface area (Å²) >= 11 is 6.38. The second-order valence-corrected chi connectivity index (χ2v) is 10.9. The van der Waals surface area contributed by atoms with E-state index in [1.807, 2.05) is 37.4 Å². The van der Waals surface area contributed by atoms with Crippen LogP contribution in [0.3, 0.4) is 0 Å². The van der Waals surface area contributed by atoms with Gasteiger partial charge in [-0.1, -0.05) is 48.9 Å². The fourth-order valence-electron chi connectivity index (χ4n) is 4.93. The molecular formula is C29H30ClN7O. The van der Waals surface area contributed by atoms with Crippen molar-refractivity contribution in [3.05, 3.63) is 77.2 Å². The highest BCUT2D eigenvalue weighted by Gasteiger charge is 2.35. The van der Waals surface area contributed by atoms with Crippen LogP contribution in [0.15, 0.2) is 61.1 Å². The molecule has 0 bridgehead atoms. The summed E-state index contributed by atoms with van der Waals surface area (Å²) in [5, 5.41) is 9.21. The zero-order valence-electron chi connectivity index (χ0n) is 21.9. The van der Waals surface area contributed by atoms with Gasteiger partial charge in [0.05, 0.1) is 16.9 Å². The molecule has 5 aromatic rings. The Bertz CT molecular complexity index is 1660. The summed E-state index contributed by atoms with van der Waals surface area (Å²) in [7, 11) is 2.02. The predicted molar refractivity (Wildman–Crippen MR) is 151 cm³/mol. The third-order valence-corrected chi connectivity index (χ3v) is 7.45. The van der Waals surface area contributed by atoms with Gasteiger partial charge in [0.15, 0.2) is 5.65 Å². The first-order valence-electron chi connectivity index (χ1n) is 12.9. The van der Waals surface area contributed by atoms with E-state index in [4.69, 9.17) is 16.6 Å². The number of rotatable bonds is 7. The van der Waals surface area contributed by atoms with Gasteiger partial charge in [-0.2, -0.15) is 9.61 Å². The number of anilines is 1. The average molecular weight is 528 g/mol. The Morgan fingerprint density at radius 1 is 1.18 bits per heavy atom. The second-order valence-electron chi connectivity index (χ2n) is 10.5. The van der Waals surface area contributed by atoms with E-state index in [-0.39, 0.29) is 18.0 Å². The van der Waals surface area contributed by atoms with Crippen LogP contribution in [0.2, 0.25) is 5.02 Å². The molecule has 1 amide bonds. The second kappa shape index (κ2) is 9.44. The number of amides is 1. The van der Waals surface area contributed by atoms with Crippen molar-refractivity contribution in [2.45, 2.75) is 45.8 Å². The van der Waals surface area contributed by atoms with Gasteiger partial charge in [0.25, 0.3) is 5.91 Å². The number of benzene rings is 1. The van der Waals surface area contributed by atoms with Crippen molar-refractivity contribution in [1.82, 2.24) is 29.5 Å². The lowest BCUT2D eigenvalue weighted by atomic mass is 10.1. The highest BCUT2D eigenvalue weighted by atomic mass is 35.5. The van der Waals surface area contributed by atoms with E-state index >= 15 is 0 Å². The topological polar surface area (TPSA) is 80.4 Å². The van der Waals surface area contributed by atoms with E-state index in [9.17, 15) is 4.79 Å². The quantitative estimate of drug-likeness (QED) is 0.291. The van der Waals surface area contributed by atoms with E-state index in [1.54, 1.807) is 16.9 Å². The summed E-state index contributed by atoms with van der Waals surface area (Å²) in [6, 6.07) is 14.6. The van der Waals surface area contributed by atoms with Crippen molar-refractivity contribution in [3.8, 4) is 11.3 Å². The van der Waals surface area contributed by atoms with Crippen LogP contribution in [0.1, 0.15) is 49.2 Å². The van der Waals surface area contributed by atoms with Crippen molar-refractivity contribution >= 4 is 40.0 Å². The van der Waals surface area contributed by atoms with E-state index in [2.05, 4.69) is 64.0 Å². The molecule has 2 unspecified atom stereocenters. The van der Waals surface area contributed by atoms with Crippen LogP contribution in [0.5, 0.6) is 0 Å². The van der Waals surface area contributed by atoms with Crippen molar-refractivity contribution in [2.75, 3.05) is 11.9 Å². The van der Waals surface area contributed by atoms with E-state index in [0.29, 0.717) is 28.7 Å². The fraction of sp³-hybridized carbons (Fsp3) is 0.310. The molecule has 1 fully saturated rings. The van der Waals surface area contributed by atoms with Crippen molar-refractivity contribution in [1.29, 1.82) is 0 Å². The molecule has 8 nitrogen and oxygen atoms in total. The van der Waals surface area contributed by atoms with Crippen LogP contribution < -0.4 is 10.2 Å². The number of pyridine rings is 1. The lowest BCUT2D eigenvalue weighted by molar-refractivity contribution is 0.0951. The first-order chi connectivity index (χ1) is 18.3. The predicted octanol–water partition coefficient (Wildman–Crippen LogP) is 5.75. The molecule has 1 N–H and O–H groups in total. The number of carbonyl (C=O) groups is 1. The molecule has 1 saturated carbocycles. The number of nitrogens with zero attached hydrogens (tertiary/aromatic N) is 6. The van der Waals surface area contributed by atoms with Gasteiger partial charge in [0.1, 0.15) is 17.0 Å². The van der Waals surface area contributed by atoms with Gasteiger partial charge in [-0.15, -0.1) is 0 Å². The van der Waals surface area contributed by atoms with Crippen LogP contribution in [0, 0.1) is 5.92 Å². The van der Waals surface area contributed by atoms with E-state index in [1.165, 1.54) is 5.56 Å². The Kier molecular flexibility index (Phi) is 6.07. The van der Waals surface area contributed by atoms with Crippen LogP contribution in [0.25, 0.3) is 27.9 Å². The third kappa shape index (κ3) is 4.39. The number of fused-ring (bicyclic) bond motifs is 2. The zero-order chi connectivity index (χ0) is 26.6. The number of halogens is 1. The summed E-state index contributed by atoms with van der Waals surface area (Å²) in [5.74, 6) is 1.18. The molecule has 38 heavy (non-hydrogen) atoms. The molecule has 0 spiro atoms. The number of aromatic nitrogens is 5. The number of hydrogen-bond acceptors (Lipinski definition) is 5. The minimum absolute atomic E-state index is 0.148. The molecule has 194 valence electrons. The first-order valence-corrected chi connectivity index (χ1v) is 13.3. The van der Waals surface area contributed by atoms with Crippen LogP contribution in [-0.2, 0) is 6.54 Å². The molecule has 9 heteroatoms. The maximum atomic E-state index is 13.2. The largest absolute Gasteiger partial charge is 0.355 e. The maximum absolute atomic E-state index is 13.2. The van der Waals surface area contributed by atoms with Crippen molar-refractivity contribution in [3.63, 3.8) is 0 Å². The Labute approximate surface area is 226 Å². The maximum Gasteiger partial charge on any atom is 0.256 e. The lowest BCUT2D eigenvalue weighted by Crippen LogP contribution is -2.26. The van der Waals surface area contributed by atoms with Gasteiger partial charge in [0, 0.05) is 55.1 Å². The van der Waals surface area contributed by atoms with Gasteiger partial charge >= 0.3 is 0 Å². The summed E-state index contributed by atoms with van der Waals surface area (Å²) in [5.41, 5.74) is 4.63. The Balaban J connectivity index is 1.53. The fourth-order valence-corrected chi connectivity index (χ4v) is 5.09. The summed E-state index contributed by atoms with van der Waals surface area (Å²) in [6.45, 7) is 7.04. The van der Waals surface area contributed by atoms with E-state index in [0.717, 1.165) is 34.5 Å². The van der Waals surface area contributed by atoms with Crippen molar-refractivity contribution < 1.29 is 4.79 Å². The summed E-state index contributed by atoms with van der Waals surface area (Å²) < 4.78 is 3.88. The molecule has 2 atom stereocenters. The van der Waals surface area contributed by atoms with Crippen LogP contribution in [0.4, 0.5) is 5.82 Å². The van der Waals surface area contributed by atoms with Crippen molar-refractivity contribution in [2.24, 2.45) is 5.92 Å². The summed E-state index contributed by atoms with van der Waals surface area (Å²) in [4.78, 5) is 25.0. The Morgan fingerprint density at radius 3 is 2.66 bits per heavy atom. The average Bonchev–Trinajstić information content (AvgIpc) is 3.27. The molecule has 0 saturated heterocycles. The van der Waals surface area contributed by atoms with Gasteiger partial charge < -0.3 is 14.8 Å². The van der Waals surface area contributed by atoms with Crippen LogP contribution >= 0.6 is 11.6 Å². The molecule has 6 rings (SSSR count). The van der Waals surface area contributed by atoms with Gasteiger partial charge in [-0.3, -0.25) is 4.79 Å². The molecule has 4 heterocycles. The first kappa shape index (κ1) is 24.4. The lowest BCUT2D eigenvalue weighted by Gasteiger charge is -2.21. The monoisotopic (exact) mass is 527 g/mol. The molecule has 0 radical (unpaired) electrons. The number of nitrogens with one attached hydrogen (secondary N) is 1. The highest BCUT2D eigenvalue weighted by Crippen LogP contribution is 2.35. The van der Waals surface area contributed by atoms with Gasteiger partial charge in [0.2, 0.25) is 0 Å².